The van der Waals surface area contributed by atoms with Crippen LogP contribution >= 0.6 is 0 Å². The second-order valence-electron chi connectivity index (χ2n) is 11.3. The van der Waals surface area contributed by atoms with Crippen molar-refractivity contribution in [1.82, 2.24) is 24.9 Å². The average molecular weight is 673 g/mol. The molecule has 8 nitrogen and oxygen atoms in total. The maximum atomic E-state index is 5.25. The van der Waals surface area contributed by atoms with Crippen LogP contribution in [0.25, 0.3) is 16.7 Å². The number of rotatable bonds is 4. The number of aromatic nitrogens is 5. The van der Waals surface area contributed by atoms with Crippen LogP contribution < -0.4 is 0 Å². The Morgan fingerprint density at radius 3 is 1.53 bits per heavy atom. The van der Waals surface area contributed by atoms with Gasteiger partial charge in [0.25, 0.3) is 0 Å². The molecule has 0 radical (unpaired) electrons. The molecular formula is C40H24FeN8. The molecule has 0 saturated heterocycles. The van der Waals surface area contributed by atoms with Crippen molar-refractivity contribution in [3.63, 3.8) is 0 Å². The largest absolute Gasteiger partial charge is 2.00 e. The van der Waals surface area contributed by atoms with Crippen LogP contribution in [-0.4, -0.2) is 42.1 Å². The molecule has 8 bridgehead atoms. The van der Waals surface area contributed by atoms with Gasteiger partial charge < -0.3 is 4.98 Å². The van der Waals surface area contributed by atoms with Crippen molar-refractivity contribution >= 4 is 33.9 Å². The van der Waals surface area contributed by atoms with E-state index in [1.807, 2.05) is 48.5 Å². The molecule has 0 spiro atoms. The Balaban J connectivity index is 0.00000348. The van der Waals surface area contributed by atoms with Crippen LogP contribution in [0.5, 0.6) is 0 Å². The summed E-state index contributed by atoms with van der Waals surface area (Å²) in [6.45, 7) is 0. The molecule has 49 heavy (non-hydrogen) atoms. The summed E-state index contributed by atoms with van der Waals surface area (Å²) >= 11 is 0. The first-order valence-corrected chi connectivity index (χ1v) is 15.5. The molecule has 0 unspecified atom stereocenters. The van der Waals surface area contributed by atoms with E-state index in [4.69, 9.17) is 20.0 Å². The van der Waals surface area contributed by atoms with Gasteiger partial charge in [-0.3, -0.25) is 29.9 Å². The zero-order valence-corrected chi connectivity index (χ0v) is 26.9. The number of allylic oxidation sites excluding steroid dienone is 7. The van der Waals surface area contributed by atoms with E-state index in [-0.39, 0.29) is 17.1 Å². The van der Waals surface area contributed by atoms with Crippen molar-refractivity contribution in [3.8, 4) is 0 Å². The van der Waals surface area contributed by atoms with Gasteiger partial charge in [-0.15, -0.1) is 17.7 Å². The van der Waals surface area contributed by atoms with Gasteiger partial charge in [0.1, 0.15) is 0 Å². The quantitative estimate of drug-likeness (QED) is 0.152. The van der Waals surface area contributed by atoms with Crippen molar-refractivity contribution in [2.75, 3.05) is 0 Å². The van der Waals surface area contributed by atoms with Crippen LogP contribution in [0.1, 0.15) is 33.6 Å². The Bertz CT molecular complexity index is 2360. The first-order chi connectivity index (χ1) is 23.8. The molecule has 9 heteroatoms. The topological polar surface area (TPSA) is 102 Å². The molecule has 4 aliphatic heterocycles. The third-order valence-corrected chi connectivity index (χ3v) is 8.49. The average Bonchev–Trinajstić information content (AvgIpc) is 3.98. The number of aliphatic imine (C=N–C) groups is 3. The molecule has 5 aromatic rings. The second kappa shape index (κ2) is 12.7. The number of pyridine rings is 4. The normalized spacial score (nSPS) is 16.2. The van der Waals surface area contributed by atoms with Gasteiger partial charge in [-0.05, 0) is 94.9 Å². The fourth-order valence-electron chi connectivity index (χ4n) is 6.34. The first kappa shape index (κ1) is 30.1. The van der Waals surface area contributed by atoms with Gasteiger partial charge >= 0.3 is 17.1 Å². The zero-order chi connectivity index (χ0) is 31.9. The van der Waals surface area contributed by atoms with Gasteiger partial charge in [-0.1, -0.05) is 47.6 Å². The van der Waals surface area contributed by atoms with Gasteiger partial charge in [0, 0.05) is 59.9 Å². The Labute approximate surface area is 293 Å². The molecule has 5 aromatic heterocycles. The van der Waals surface area contributed by atoms with Crippen LogP contribution in [0, 0.1) is 5.92 Å². The van der Waals surface area contributed by atoms with E-state index in [1.54, 1.807) is 49.6 Å². The SMILES string of the molecule is C1=CC2=C(c3ccncc3)c3c[cH-]c(n3)C(c3ccncc3)=C3C=CC(=N3)[C-](c3ccncc3)C3=NC(=C(c4ccncc4)C1=N2)C=C3.[Fe+2]. The number of nitrogens with zero attached hydrogens (tertiary/aromatic N) is 8. The molecule has 4 aliphatic rings. The fraction of sp³-hybridized carbons (Fsp3) is 0. The maximum Gasteiger partial charge on any atom is 2.00 e. The molecule has 232 valence electrons. The van der Waals surface area contributed by atoms with Gasteiger partial charge in [0.2, 0.25) is 0 Å². The van der Waals surface area contributed by atoms with Crippen LogP contribution in [-0.2, 0) is 17.1 Å². The van der Waals surface area contributed by atoms with Crippen LogP contribution in [0.3, 0.4) is 0 Å². The van der Waals surface area contributed by atoms with E-state index in [1.165, 1.54) is 0 Å². The smallest absolute Gasteiger partial charge is 0.337 e. The van der Waals surface area contributed by atoms with E-state index in [0.29, 0.717) is 0 Å². The van der Waals surface area contributed by atoms with Gasteiger partial charge in [-0.2, -0.15) is 0 Å². The van der Waals surface area contributed by atoms with Crippen molar-refractivity contribution in [2.45, 2.75) is 0 Å². The minimum absolute atomic E-state index is 0. The standard InChI is InChI=1S/C40H24N8.Fe/c1-2-30-38(26-11-19-42-20-12-26)32-5-6-34(47-32)40(28-15-23-44-24-16-28)36-8-7-35(48-36)39(27-13-21-43-22-14-27)33-4-3-31(46-33)37(29(1)45-30)25-9-17-41-18-10-25;/h1-24H;/q-2;+2. The van der Waals surface area contributed by atoms with Crippen LogP contribution in [0.4, 0.5) is 0 Å². The summed E-state index contributed by atoms with van der Waals surface area (Å²) in [5.74, 6) is 0.908. The minimum atomic E-state index is 0. The molecule has 0 saturated carbocycles. The molecule has 9 rings (SSSR count). The number of fused-ring (bicyclic) bond motifs is 5. The summed E-state index contributed by atoms with van der Waals surface area (Å²) in [7, 11) is 0. The van der Waals surface area contributed by atoms with E-state index in [9.17, 15) is 0 Å². The monoisotopic (exact) mass is 672 g/mol. The summed E-state index contributed by atoms with van der Waals surface area (Å²) < 4.78 is 0. The number of hydrogen-bond donors (Lipinski definition) is 0. The molecule has 9 heterocycles. The summed E-state index contributed by atoms with van der Waals surface area (Å²) in [5, 5.41) is 0. The molecule has 0 aromatic carbocycles. The van der Waals surface area contributed by atoms with E-state index in [2.05, 4.69) is 68.5 Å². The Kier molecular flexibility index (Phi) is 7.81. The van der Waals surface area contributed by atoms with Crippen molar-refractivity contribution in [1.29, 1.82) is 0 Å². The molecule has 0 atom stereocenters. The Morgan fingerprint density at radius 2 is 0.939 bits per heavy atom. The van der Waals surface area contributed by atoms with Crippen molar-refractivity contribution in [2.24, 2.45) is 15.0 Å². The summed E-state index contributed by atoms with van der Waals surface area (Å²) in [5.41, 5.74) is 13.0. The van der Waals surface area contributed by atoms with Crippen molar-refractivity contribution in [3.05, 3.63) is 203 Å². The third kappa shape index (κ3) is 5.47. The molecule has 0 aliphatic carbocycles. The molecular weight excluding hydrogens is 648 g/mol. The Hall–Kier alpha value is -6.28. The fourth-order valence-corrected chi connectivity index (χ4v) is 6.34. The van der Waals surface area contributed by atoms with Gasteiger partial charge in [0.15, 0.2) is 0 Å². The summed E-state index contributed by atoms with van der Waals surface area (Å²) in [4.78, 5) is 38.1. The molecule has 0 amide bonds. The Morgan fingerprint density at radius 1 is 0.469 bits per heavy atom. The molecule has 0 fully saturated rings. The van der Waals surface area contributed by atoms with E-state index in [0.717, 1.165) is 90.5 Å². The third-order valence-electron chi connectivity index (χ3n) is 8.49. The minimum Gasteiger partial charge on any atom is -0.337 e. The second-order valence-corrected chi connectivity index (χ2v) is 11.3. The predicted molar refractivity (Wildman–Crippen MR) is 188 cm³/mol. The maximum absolute atomic E-state index is 5.25. The predicted octanol–water partition coefficient (Wildman–Crippen LogP) is 6.98. The zero-order valence-electron chi connectivity index (χ0n) is 25.8. The van der Waals surface area contributed by atoms with Crippen molar-refractivity contribution < 1.29 is 17.1 Å². The summed E-state index contributed by atoms with van der Waals surface area (Å²) in [6.07, 6.45) is 26.6. The van der Waals surface area contributed by atoms with Crippen LogP contribution in [0.2, 0.25) is 0 Å². The molecule has 0 N–H and O–H groups in total. The summed E-state index contributed by atoms with van der Waals surface area (Å²) in [6, 6.07) is 20.0. The van der Waals surface area contributed by atoms with Crippen LogP contribution in [0.15, 0.2) is 179 Å². The van der Waals surface area contributed by atoms with Gasteiger partial charge in [-0.25, -0.2) is 4.99 Å². The van der Waals surface area contributed by atoms with Gasteiger partial charge in [0.05, 0.1) is 17.1 Å². The van der Waals surface area contributed by atoms with E-state index < -0.39 is 0 Å². The van der Waals surface area contributed by atoms with E-state index >= 15 is 0 Å². The number of hydrogen-bond acceptors (Lipinski definition) is 8. The first-order valence-electron chi connectivity index (χ1n) is 15.5.